The second-order valence-electron chi connectivity index (χ2n) is 6.03. The van der Waals surface area contributed by atoms with Gasteiger partial charge in [-0.25, -0.2) is 4.98 Å². The number of hydrogen-bond acceptors (Lipinski definition) is 5. The van der Waals surface area contributed by atoms with Crippen LogP contribution in [0.2, 0.25) is 0 Å². The van der Waals surface area contributed by atoms with Crippen LogP contribution in [-0.4, -0.2) is 60.0 Å². The Labute approximate surface area is 153 Å². The topological polar surface area (TPSA) is 56.7 Å². The van der Waals surface area contributed by atoms with Crippen LogP contribution in [0.5, 0.6) is 0 Å². The Morgan fingerprint density at radius 1 is 1.20 bits per heavy atom. The van der Waals surface area contributed by atoms with Crippen molar-refractivity contribution in [2.45, 2.75) is 19.8 Å². The van der Waals surface area contributed by atoms with Crippen molar-refractivity contribution in [3.63, 3.8) is 0 Å². The molecule has 1 aliphatic heterocycles. The van der Waals surface area contributed by atoms with E-state index >= 15 is 0 Å². The van der Waals surface area contributed by atoms with Gasteiger partial charge in [-0.2, -0.15) is 4.37 Å². The van der Waals surface area contributed by atoms with E-state index in [1.54, 1.807) is 0 Å². The molecule has 25 heavy (non-hydrogen) atoms. The fourth-order valence-electron chi connectivity index (χ4n) is 2.92. The Bertz CT molecular complexity index is 676. The highest BCUT2D eigenvalue weighted by atomic mass is 32.1. The molecule has 3 rings (SSSR count). The van der Waals surface area contributed by atoms with Crippen molar-refractivity contribution < 1.29 is 0 Å². The zero-order valence-electron chi connectivity index (χ0n) is 15.0. The van der Waals surface area contributed by atoms with E-state index < -0.39 is 0 Å². The Hall–Kier alpha value is -2.15. The number of benzene rings is 1. The first-order chi connectivity index (χ1) is 12.3. The minimum atomic E-state index is 0.896. The van der Waals surface area contributed by atoms with Gasteiger partial charge in [-0.05, 0) is 12.0 Å². The first kappa shape index (κ1) is 17.7. The molecule has 0 radical (unpaired) electrons. The summed E-state index contributed by atoms with van der Waals surface area (Å²) >= 11 is 1.51. The normalized spacial score (nSPS) is 15.5. The molecule has 1 saturated heterocycles. The van der Waals surface area contributed by atoms with Crippen molar-refractivity contribution in [2.24, 2.45) is 4.99 Å². The number of nitrogens with one attached hydrogen (secondary N) is 1. The van der Waals surface area contributed by atoms with Gasteiger partial charge in [-0.15, -0.1) is 0 Å². The maximum atomic E-state index is 4.59. The number of guanidine groups is 1. The lowest BCUT2D eigenvalue weighted by Crippen LogP contribution is -2.52. The third kappa shape index (κ3) is 4.69. The number of rotatable bonds is 5. The molecule has 0 saturated carbocycles. The van der Waals surface area contributed by atoms with Gasteiger partial charge in [0, 0.05) is 57.7 Å². The third-order valence-corrected chi connectivity index (χ3v) is 5.19. The molecule has 0 aliphatic carbocycles. The Morgan fingerprint density at radius 3 is 2.60 bits per heavy atom. The van der Waals surface area contributed by atoms with E-state index in [4.69, 9.17) is 0 Å². The molecular weight excluding hydrogens is 332 g/mol. The lowest BCUT2D eigenvalue weighted by Gasteiger charge is -2.36. The van der Waals surface area contributed by atoms with Crippen molar-refractivity contribution >= 4 is 22.6 Å². The zero-order valence-corrected chi connectivity index (χ0v) is 15.8. The van der Waals surface area contributed by atoms with Crippen LogP contribution in [0, 0.1) is 0 Å². The first-order valence-electron chi connectivity index (χ1n) is 8.87. The summed E-state index contributed by atoms with van der Waals surface area (Å²) in [7, 11) is 1.86. The average Bonchev–Trinajstić information content (AvgIpc) is 3.16. The minimum absolute atomic E-state index is 0.896. The fourth-order valence-corrected chi connectivity index (χ4v) is 3.72. The van der Waals surface area contributed by atoms with Gasteiger partial charge in [-0.3, -0.25) is 4.99 Å². The molecule has 1 fully saturated rings. The summed E-state index contributed by atoms with van der Waals surface area (Å²) in [6, 6.07) is 10.5. The van der Waals surface area contributed by atoms with Crippen LogP contribution in [0.1, 0.15) is 18.3 Å². The molecular formula is C18H26N6S. The summed E-state index contributed by atoms with van der Waals surface area (Å²) in [5.74, 6) is 1.93. The summed E-state index contributed by atoms with van der Waals surface area (Å²) < 4.78 is 4.39. The van der Waals surface area contributed by atoms with Gasteiger partial charge in [0.15, 0.2) is 5.96 Å². The van der Waals surface area contributed by atoms with E-state index in [9.17, 15) is 0 Å². The fraction of sp³-hybridized carbons (Fsp3) is 0.500. The first-order valence-corrected chi connectivity index (χ1v) is 9.64. The number of aliphatic imine (C=N–C) groups is 1. The van der Waals surface area contributed by atoms with Crippen LogP contribution in [0.15, 0.2) is 35.3 Å². The molecule has 1 aromatic heterocycles. The largest absolute Gasteiger partial charge is 0.356 e. The van der Waals surface area contributed by atoms with E-state index in [-0.39, 0.29) is 0 Å². The number of hydrogen-bond donors (Lipinski definition) is 1. The predicted molar refractivity (Wildman–Crippen MR) is 105 cm³/mol. The van der Waals surface area contributed by atoms with Crippen LogP contribution in [0.4, 0.5) is 5.13 Å². The van der Waals surface area contributed by atoms with Crippen LogP contribution >= 0.6 is 11.5 Å². The maximum absolute atomic E-state index is 4.59. The van der Waals surface area contributed by atoms with Gasteiger partial charge < -0.3 is 15.1 Å². The summed E-state index contributed by atoms with van der Waals surface area (Å²) in [5, 5.41) is 4.53. The van der Waals surface area contributed by atoms with E-state index in [0.29, 0.717) is 0 Å². The Morgan fingerprint density at radius 2 is 1.96 bits per heavy atom. The van der Waals surface area contributed by atoms with Crippen LogP contribution < -0.4 is 10.2 Å². The van der Waals surface area contributed by atoms with Gasteiger partial charge in [0.25, 0.3) is 0 Å². The molecule has 1 aliphatic rings. The van der Waals surface area contributed by atoms with Gasteiger partial charge >= 0.3 is 0 Å². The van der Waals surface area contributed by atoms with Crippen LogP contribution in [-0.2, 0) is 12.8 Å². The van der Waals surface area contributed by atoms with Gasteiger partial charge in [0.2, 0.25) is 5.13 Å². The Balaban J connectivity index is 1.47. The second-order valence-corrected chi connectivity index (χ2v) is 6.76. The molecule has 1 aromatic carbocycles. The monoisotopic (exact) mass is 358 g/mol. The molecule has 7 heteroatoms. The van der Waals surface area contributed by atoms with Crippen molar-refractivity contribution in [1.82, 2.24) is 19.6 Å². The molecule has 134 valence electrons. The van der Waals surface area contributed by atoms with E-state index in [1.165, 1.54) is 17.1 Å². The molecule has 1 N–H and O–H groups in total. The molecule has 0 atom stereocenters. The van der Waals surface area contributed by atoms with Crippen molar-refractivity contribution in [1.29, 1.82) is 0 Å². The number of aryl methyl sites for hydroxylation is 1. The smallest absolute Gasteiger partial charge is 0.205 e. The highest BCUT2D eigenvalue weighted by molar-refractivity contribution is 7.09. The Kier molecular flexibility index (Phi) is 6.22. The van der Waals surface area contributed by atoms with E-state index in [2.05, 4.69) is 66.7 Å². The minimum Gasteiger partial charge on any atom is -0.356 e. The highest BCUT2D eigenvalue weighted by Crippen LogP contribution is 2.19. The zero-order chi connectivity index (χ0) is 17.5. The molecule has 0 spiro atoms. The summed E-state index contributed by atoms with van der Waals surface area (Å²) in [4.78, 5) is 13.7. The highest BCUT2D eigenvalue weighted by Gasteiger charge is 2.21. The van der Waals surface area contributed by atoms with Gasteiger partial charge in [-0.1, -0.05) is 37.3 Å². The molecule has 2 aromatic rings. The molecule has 0 bridgehead atoms. The average molecular weight is 359 g/mol. The summed E-state index contributed by atoms with van der Waals surface area (Å²) in [5.41, 5.74) is 1.35. The number of nitrogens with zero attached hydrogens (tertiary/aromatic N) is 5. The lowest BCUT2D eigenvalue weighted by molar-refractivity contribution is 0.372. The van der Waals surface area contributed by atoms with Crippen molar-refractivity contribution in [2.75, 3.05) is 44.7 Å². The third-order valence-electron chi connectivity index (χ3n) is 4.37. The van der Waals surface area contributed by atoms with Crippen molar-refractivity contribution in [3.8, 4) is 0 Å². The van der Waals surface area contributed by atoms with E-state index in [0.717, 1.165) is 62.5 Å². The van der Waals surface area contributed by atoms with Gasteiger partial charge in [0.1, 0.15) is 5.82 Å². The molecule has 0 unspecified atom stereocenters. The maximum Gasteiger partial charge on any atom is 0.205 e. The predicted octanol–water partition coefficient (Wildman–Crippen LogP) is 2.04. The SMILES string of the molecule is CCc1nsc(N2CCN(C(=NC)NCCc3ccccc3)CC2)n1. The van der Waals surface area contributed by atoms with Crippen molar-refractivity contribution in [3.05, 3.63) is 41.7 Å². The summed E-state index contributed by atoms with van der Waals surface area (Å²) in [6.07, 6.45) is 1.90. The lowest BCUT2D eigenvalue weighted by atomic mass is 10.1. The quantitative estimate of drug-likeness (QED) is 0.655. The van der Waals surface area contributed by atoms with Crippen LogP contribution in [0.25, 0.3) is 0 Å². The summed E-state index contributed by atoms with van der Waals surface area (Å²) in [6.45, 7) is 6.80. The number of aromatic nitrogens is 2. The number of anilines is 1. The molecule has 0 amide bonds. The standard InChI is InChI=1S/C18H26N6S/c1-3-16-21-18(25-22-16)24-13-11-23(12-14-24)17(19-2)20-10-9-15-7-5-4-6-8-15/h4-8H,3,9-14H2,1-2H3,(H,19,20). The van der Waals surface area contributed by atoms with Gasteiger partial charge in [0.05, 0.1) is 0 Å². The van der Waals surface area contributed by atoms with Crippen LogP contribution in [0.3, 0.4) is 0 Å². The second kappa shape index (κ2) is 8.80. The molecule has 2 heterocycles. The number of piperazine rings is 1. The molecule has 6 nitrogen and oxygen atoms in total. The van der Waals surface area contributed by atoms with E-state index in [1.807, 2.05) is 7.05 Å².